The fourth-order valence-electron chi connectivity index (χ4n) is 7.72. The van der Waals surface area contributed by atoms with Crippen LogP contribution >= 0.6 is 0 Å². The Bertz CT molecular complexity index is 2870. The number of hydrogen-bond donors (Lipinski definition) is 0. The summed E-state index contributed by atoms with van der Waals surface area (Å²) in [5, 5.41) is 9.72. The third-order valence-corrected chi connectivity index (χ3v) is 10.0. The summed E-state index contributed by atoms with van der Waals surface area (Å²) in [4.78, 5) is 2.37. The van der Waals surface area contributed by atoms with E-state index in [1.54, 1.807) is 0 Å². The van der Waals surface area contributed by atoms with Crippen molar-refractivity contribution in [3.8, 4) is 22.3 Å². The van der Waals surface area contributed by atoms with Crippen LogP contribution in [0.3, 0.4) is 0 Å². The Labute approximate surface area is 290 Å². The Hall–Kier alpha value is -6.64. The summed E-state index contributed by atoms with van der Waals surface area (Å²) < 4.78 is 6.43. The maximum absolute atomic E-state index is 6.43. The normalized spacial score (nSPS) is 11.6. The molecule has 0 spiro atoms. The van der Waals surface area contributed by atoms with Crippen LogP contribution < -0.4 is 4.90 Å². The van der Waals surface area contributed by atoms with Crippen molar-refractivity contribution >= 4 is 71.3 Å². The van der Waals surface area contributed by atoms with E-state index in [0.29, 0.717) is 0 Å². The lowest BCUT2D eigenvalue weighted by molar-refractivity contribution is 0.669. The molecule has 10 aromatic rings. The first kappa shape index (κ1) is 28.4. The second kappa shape index (κ2) is 11.5. The molecule has 0 N–H and O–H groups in total. The molecule has 0 aliphatic heterocycles. The zero-order valence-electron chi connectivity index (χ0n) is 27.3. The number of furan rings is 1. The van der Waals surface area contributed by atoms with Crippen molar-refractivity contribution in [3.05, 3.63) is 188 Å². The predicted molar refractivity (Wildman–Crippen MR) is 212 cm³/mol. The van der Waals surface area contributed by atoms with Gasteiger partial charge < -0.3 is 9.32 Å². The van der Waals surface area contributed by atoms with Crippen molar-refractivity contribution in [1.29, 1.82) is 0 Å². The number of anilines is 3. The minimum atomic E-state index is 0.870. The molecule has 0 aliphatic rings. The molecule has 2 nitrogen and oxygen atoms in total. The lowest BCUT2D eigenvalue weighted by Crippen LogP contribution is -2.11. The van der Waals surface area contributed by atoms with Gasteiger partial charge in [0.15, 0.2) is 0 Å². The molecule has 0 saturated carbocycles. The van der Waals surface area contributed by atoms with Gasteiger partial charge in [-0.25, -0.2) is 0 Å². The highest BCUT2D eigenvalue weighted by atomic mass is 16.3. The fraction of sp³-hybridized carbons (Fsp3) is 0. The summed E-state index contributed by atoms with van der Waals surface area (Å²) >= 11 is 0. The molecule has 0 radical (unpaired) electrons. The van der Waals surface area contributed by atoms with E-state index >= 15 is 0 Å². The molecule has 0 atom stereocenters. The monoisotopic (exact) mass is 637 g/mol. The quantitative estimate of drug-likeness (QED) is 0.175. The number of benzene rings is 9. The molecule has 0 unspecified atom stereocenters. The Morgan fingerprint density at radius 1 is 0.320 bits per heavy atom. The highest BCUT2D eigenvalue weighted by molar-refractivity contribution is 6.15. The van der Waals surface area contributed by atoms with E-state index in [4.69, 9.17) is 4.42 Å². The van der Waals surface area contributed by atoms with Gasteiger partial charge in [-0.05, 0) is 91.5 Å². The molecule has 50 heavy (non-hydrogen) atoms. The lowest BCUT2D eigenvalue weighted by Gasteiger charge is -2.28. The molecular weight excluding hydrogens is 607 g/mol. The zero-order valence-corrected chi connectivity index (χ0v) is 27.3. The van der Waals surface area contributed by atoms with Gasteiger partial charge in [-0.3, -0.25) is 0 Å². The van der Waals surface area contributed by atoms with Crippen LogP contribution in [-0.2, 0) is 0 Å². The first-order valence-electron chi connectivity index (χ1n) is 17.1. The maximum Gasteiger partial charge on any atom is 0.137 e. The number of para-hydroxylation sites is 2. The fourth-order valence-corrected chi connectivity index (χ4v) is 7.72. The first-order chi connectivity index (χ1) is 24.8. The van der Waals surface area contributed by atoms with Crippen LogP contribution in [0.5, 0.6) is 0 Å². The minimum absolute atomic E-state index is 0.870. The van der Waals surface area contributed by atoms with E-state index < -0.39 is 0 Å². The second-order valence-corrected chi connectivity index (χ2v) is 12.9. The molecule has 1 heterocycles. The molecule has 0 saturated heterocycles. The van der Waals surface area contributed by atoms with Gasteiger partial charge in [0.2, 0.25) is 0 Å². The molecule has 1 aromatic heterocycles. The first-order valence-corrected chi connectivity index (χ1v) is 17.1. The van der Waals surface area contributed by atoms with Gasteiger partial charge in [-0.1, -0.05) is 140 Å². The molecule has 9 aromatic carbocycles. The van der Waals surface area contributed by atoms with Crippen LogP contribution in [0.4, 0.5) is 17.1 Å². The maximum atomic E-state index is 6.43. The zero-order chi connectivity index (χ0) is 33.0. The van der Waals surface area contributed by atoms with Crippen LogP contribution in [0.25, 0.3) is 76.5 Å². The van der Waals surface area contributed by atoms with Gasteiger partial charge in [0, 0.05) is 33.8 Å². The van der Waals surface area contributed by atoms with Gasteiger partial charge in [0.1, 0.15) is 11.2 Å². The van der Waals surface area contributed by atoms with Crippen LogP contribution in [0.15, 0.2) is 192 Å². The van der Waals surface area contributed by atoms with Crippen LogP contribution in [0.2, 0.25) is 0 Å². The van der Waals surface area contributed by atoms with Crippen LogP contribution in [-0.4, -0.2) is 0 Å². The van der Waals surface area contributed by atoms with Crippen molar-refractivity contribution < 1.29 is 4.42 Å². The summed E-state index contributed by atoms with van der Waals surface area (Å²) in [6.07, 6.45) is 0. The predicted octanol–water partition coefficient (Wildman–Crippen LogP) is 13.8. The number of nitrogens with zero attached hydrogens (tertiary/aromatic N) is 1. The lowest BCUT2D eigenvalue weighted by atomic mass is 9.92. The smallest absolute Gasteiger partial charge is 0.137 e. The molecule has 234 valence electrons. The third-order valence-electron chi connectivity index (χ3n) is 10.0. The summed E-state index contributed by atoms with van der Waals surface area (Å²) in [6.45, 7) is 0. The van der Waals surface area contributed by atoms with Gasteiger partial charge in [0.25, 0.3) is 0 Å². The topological polar surface area (TPSA) is 16.4 Å². The summed E-state index contributed by atoms with van der Waals surface area (Å²) in [5.74, 6) is 0. The Morgan fingerprint density at radius 2 is 0.920 bits per heavy atom. The van der Waals surface area contributed by atoms with E-state index in [0.717, 1.165) is 44.6 Å². The number of hydrogen-bond acceptors (Lipinski definition) is 2. The van der Waals surface area contributed by atoms with Gasteiger partial charge in [-0.15, -0.1) is 0 Å². The third kappa shape index (κ3) is 4.57. The van der Waals surface area contributed by atoms with Crippen molar-refractivity contribution in [1.82, 2.24) is 0 Å². The van der Waals surface area contributed by atoms with Crippen molar-refractivity contribution in [2.75, 3.05) is 4.90 Å². The van der Waals surface area contributed by atoms with E-state index in [9.17, 15) is 0 Å². The van der Waals surface area contributed by atoms with Gasteiger partial charge in [-0.2, -0.15) is 0 Å². The van der Waals surface area contributed by atoms with Crippen molar-refractivity contribution in [2.24, 2.45) is 0 Å². The van der Waals surface area contributed by atoms with Crippen molar-refractivity contribution in [2.45, 2.75) is 0 Å². The van der Waals surface area contributed by atoms with E-state index in [2.05, 4.69) is 181 Å². The Kier molecular flexibility index (Phi) is 6.53. The SMILES string of the molecule is c1ccc(N(c2ccc(-c3cccc4ccccc34)cc2)c2ccc3c(c2)oc2ccccc23)c(-c2cc3ccccc3c3ccccc23)c1. The highest BCUT2D eigenvalue weighted by Crippen LogP contribution is 2.45. The minimum Gasteiger partial charge on any atom is -0.456 e. The van der Waals surface area contributed by atoms with Gasteiger partial charge in [0.05, 0.1) is 5.69 Å². The molecule has 0 fully saturated rings. The molecule has 2 heteroatoms. The standard InChI is InChI=1S/C48H31NO/c1-3-15-37-32(12-1)14-11-21-38(37)33-24-26-35(27-25-33)49(36-28-29-44-43-20-8-10-23-47(43)50-48(44)31-36)46-22-9-7-19-42(46)45-30-34-13-2-4-16-39(34)40-17-5-6-18-41(40)45/h1-31H. The second-order valence-electron chi connectivity index (χ2n) is 12.9. The molecule has 10 rings (SSSR count). The van der Waals surface area contributed by atoms with E-state index in [1.807, 2.05) is 12.1 Å². The molecule has 0 amide bonds. The highest BCUT2D eigenvalue weighted by Gasteiger charge is 2.20. The summed E-state index contributed by atoms with van der Waals surface area (Å²) in [7, 11) is 0. The number of rotatable bonds is 5. The van der Waals surface area contributed by atoms with Crippen LogP contribution in [0, 0.1) is 0 Å². The average Bonchev–Trinajstić information content (AvgIpc) is 3.56. The van der Waals surface area contributed by atoms with Crippen LogP contribution in [0.1, 0.15) is 0 Å². The molecular formula is C48H31NO. The van der Waals surface area contributed by atoms with E-state index in [1.165, 1.54) is 49.0 Å². The molecule has 0 aliphatic carbocycles. The summed E-state index contributed by atoms with van der Waals surface area (Å²) in [5.41, 5.74) is 9.76. The largest absolute Gasteiger partial charge is 0.456 e. The Morgan fingerprint density at radius 3 is 1.78 bits per heavy atom. The number of fused-ring (bicyclic) bond motifs is 7. The Balaban J connectivity index is 1.20. The summed E-state index contributed by atoms with van der Waals surface area (Å²) in [6, 6.07) is 67.6. The van der Waals surface area contributed by atoms with E-state index in [-0.39, 0.29) is 0 Å². The van der Waals surface area contributed by atoms with Crippen molar-refractivity contribution in [3.63, 3.8) is 0 Å². The molecule has 0 bridgehead atoms. The van der Waals surface area contributed by atoms with Gasteiger partial charge >= 0.3 is 0 Å². The average molecular weight is 638 g/mol.